The molecule has 0 aliphatic carbocycles. The van der Waals surface area contributed by atoms with Crippen molar-refractivity contribution in [1.82, 2.24) is 4.98 Å². The van der Waals surface area contributed by atoms with Gasteiger partial charge in [-0.2, -0.15) is 0 Å². The number of nitrogens with two attached hydrogens (primary N) is 1. The summed E-state index contributed by atoms with van der Waals surface area (Å²) >= 11 is 0. The first-order chi connectivity index (χ1) is 5.27. The van der Waals surface area contributed by atoms with Crippen LogP contribution in [0.25, 0.3) is 0 Å². The predicted octanol–water partition coefficient (Wildman–Crippen LogP) is 1.73. The molecular weight excluding hydrogens is 209 g/mol. The second-order valence-corrected chi connectivity index (χ2v) is 2.41. The second-order valence-electron chi connectivity index (χ2n) is 2.41. The van der Waals surface area contributed by atoms with E-state index in [-0.39, 0.29) is 24.8 Å². The molecule has 13 heavy (non-hydrogen) atoms. The molecule has 5 heteroatoms. The Kier molecular flexibility index (Phi) is 8.01. The topological polar surface area (TPSA) is 50.9 Å². The maximum absolute atomic E-state index is 5.50. The molecule has 0 aliphatic heterocycles. The van der Waals surface area contributed by atoms with Crippen LogP contribution in [-0.2, 0) is 6.54 Å². The molecular formula is C8H15Cl2N3. The van der Waals surface area contributed by atoms with E-state index in [0.717, 1.165) is 17.1 Å². The molecule has 0 aliphatic rings. The van der Waals surface area contributed by atoms with E-state index < -0.39 is 0 Å². The SMILES string of the molecule is CNc1nc(C)ccc1CN.Cl.Cl. The second kappa shape index (κ2) is 6.95. The number of aryl methyl sites for hydroxylation is 1. The number of halogens is 2. The van der Waals surface area contributed by atoms with Crippen molar-refractivity contribution in [3.63, 3.8) is 0 Å². The lowest BCUT2D eigenvalue weighted by molar-refractivity contribution is 1.03. The Morgan fingerprint density at radius 1 is 1.38 bits per heavy atom. The lowest BCUT2D eigenvalue weighted by atomic mass is 10.2. The molecule has 1 aromatic rings. The molecule has 1 rings (SSSR count). The van der Waals surface area contributed by atoms with Crippen molar-refractivity contribution in [1.29, 1.82) is 0 Å². The van der Waals surface area contributed by atoms with Crippen LogP contribution in [0.5, 0.6) is 0 Å². The van der Waals surface area contributed by atoms with Crippen LogP contribution < -0.4 is 11.1 Å². The van der Waals surface area contributed by atoms with Gasteiger partial charge in [-0.15, -0.1) is 24.8 Å². The summed E-state index contributed by atoms with van der Waals surface area (Å²) in [4.78, 5) is 4.27. The van der Waals surface area contributed by atoms with Crippen molar-refractivity contribution in [3.8, 4) is 0 Å². The minimum absolute atomic E-state index is 0. The molecule has 3 nitrogen and oxygen atoms in total. The third kappa shape index (κ3) is 3.81. The van der Waals surface area contributed by atoms with Gasteiger partial charge in [-0.1, -0.05) is 6.07 Å². The van der Waals surface area contributed by atoms with Crippen molar-refractivity contribution >= 4 is 30.6 Å². The van der Waals surface area contributed by atoms with E-state index in [2.05, 4.69) is 10.3 Å². The fourth-order valence-corrected chi connectivity index (χ4v) is 0.967. The first-order valence-corrected chi connectivity index (χ1v) is 3.62. The van der Waals surface area contributed by atoms with Crippen LogP contribution in [0.2, 0.25) is 0 Å². The van der Waals surface area contributed by atoms with Gasteiger partial charge in [0.25, 0.3) is 0 Å². The van der Waals surface area contributed by atoms with Crippen molar-refractivity contribution in [2.45, 2.75) is 13.5 Å². The molecule has 0 saturated heterocycles. The number of anilines is 1. The monoisotopic (exact) mass is 223 g/mol. The Morgan fingerprint density at radius 3 is 2.46 bits per heavy atom. The first-order valence-electron chi connectivity index (χ1n) is 3.62. The average Bonchev–Trinajstić information content (AvgIpc) is 2.04. The Hall–Kier alpha value is -0.510. The normalized spacial score (nSPS) is 8.23. The summed E-state index contributed by atoms with van der Waals surface area (Å²) in [6.07, 6.45) is 0. The van der Waals surface area contributed by atoms with Crippen molar-refractivity contribution in [2.75, 3.05) is 12.4 Å². The van der Waals surface area contributed by atoms with E-state index in [4.69, 9.17) is 5.73 Å². The zero-order chi connectivity index (χ0) is 8.27. The van der Waals surface area contributed by atoms with E-state index in [1.54, 1.807) is 0 Å². The Labute approximate surface area is 90.9 Å². The maximum Gasteiger partial charge on any atom is 0.130 e. The molecule has 0 radical (unpaired) electrons. The number of nitrogens with one attached hydrogen (secondary N) is 1. The summed E-state index contributed by atoms with van der Waals surface area (Å²) in [5, 5.41) is 3.00. The van der Waals surface area contributed by atoms with E-state index in [1.807, 2.05) is 26.1 Å². The number of pyridine rings is 1. The largest absolute Gasteiger partial charge is 0.373 e. The Bertz CT molecular complexity index is 253. The Morgan fingerprint density at radius 2 is 2.00 bits per heavy atom. The zero-order valence-electron chi connectivity index (χ0n) is 7.70. The van der Waals surface area contributed by atoms with Gasteiger partial charge < -0.3 is 11.1 Å². The molecule has 0 fully saturated rings. The highest BCUT2D eigenvalue weighted by Crippen LogP contribution is 2.10. The highest BCUT2D eigenvalue weighted by atomic mass is 35.5. The van der Waals surface area contributed by atoms with Gasteiger partial charge >= 0.3 is 0 Å². The molecule has 3 N–H and O–H groups in total. The Balaban J connectivity index is 0. The van der Waals surface area contributed by atoms with Gasteiger partial charge in [-0.25, -0.2) is 4.98 Å². The zero-order valence-corrected chi connectivity index (χ0v) is 9.34. The fraction of sp³-hybridized carbons (Fsp3) is 0.375. The van der Waals surface area contributed by atoms with Gasteiger partial charge in [0.05, 0.1) is 0 Å². The van der Waals surface area contributed by atoms with Crippen LogP contribution >= 0.6 is 24.8 Å². The molecule has 1 aromatic heterocycles. The summed E-state index contributed by atoms with van der Waals surface area (Å²) in [5.74, 6) is 0.882. The highest BCUT2D eigenvalue weighted by Gasteiger charge is 1.98. The lowest BCUT2D eigenvalue weighted by Crippen LogP contribution is -2.04. The smallest absolute Gasteiger partial charge is 0.130 e. The summed E-state index contributed by atoms with van der Waals surface area (Å²) in [6, 6.07) is 3.96. The third-order valence-electron chi connectivity index (χ3n) is 1.57. The van der Waals surface area contributed by atoms with Crippen molar-refractivity contribution in [3.05, 3.63) is 23.4 Å². The molecule has 0 aromatic carbocycles. The first kappa shape index (κ1) is 15.0. The summed E-state index contributed by atoms with van der Waals surface area (Å²) in [5.41, 5.74) is 7.56. The molecule has 0 unspecified atom stereocenters. The molecule has 1 heterocycles. The van der Waals surface area contributed by atoms with Crippen LogP contribution in [0.3, 0.4) is 0 Å². The minimum atomic E-state index is 0. The minimum Gasteiger partial charge on any atom is -0.373 e. The van der Waals surface area contributed by atoms with E-state index in [9.17, 15) is 0 Å². The maximum atomic E-state index is 5.50. The molecule has 0 bridgehead atoms. The van der Waals surface area contributed by atoms with Crippen LogP contribution in [-0.4, -0.2) is 12.0 Å². The molecule has 0 saturated carbocycles. The fourth-order valence-electron chi connectivity index (χ4n) is 0.967. The number of hydrogen-bond acceptors (Lipinski definition) is 3. The van der Waals surface area contributed by atoms with Crippen molar-refractivity contribution < 1.29 is 0 Å². The molecule has 0 spiro atoms. The average molecular weight is 224 g/mol. The van der Waals surface area contributed by atoms with E-state index in [1.165, 1.54) is 0 Å². The van der Waals surface area contributed by atoms with Crippen LogP contribution in [0.15, 0.2) is 12.1 Å². The van der Waals surface area contributed by atoms with Gasteiger partial charge in [-0.3, -0.25) is 0 Å². The number of rotatable bonds is 2. The quantitative estimate of drug-likeness (QED) is 0.804. The van der Waals surface area contributed by atoms with Crippen molar-refractivity contribution in [2.24, 2.45) is 5.73 Å². The molecule has 0 amide bonds. The van der Waals surface area contributed by atoms with Gasteiger partial charge in [0.1, 0.15) is 5.82 Å². The van der Waals surface area contributed by atoms with Gasteiger partial charge in [0.15, 0.2) is 0 Å². The number of hydrogen-bond donors (Lipinski definition) is 2. The van der Waals surface area contributed by atoms with Gasteiger partial charge in [0.2, 0.25) is 0 Å². The summed E-state index contributed by atoms with van der Waals surface area (Å²) < 4.78 is 0. The molecule has 0 atom stereocenters. The van der Waals surface area contributed by atoms with Crippen LogP contribution in [0.4, 0.5) is 5.82 Å². The van der Waals surface area contributed by atoms with Crippen LogP contribution in [0.1, 0.15) is 11.3 Å². The van der Waals surface area contributed by atoms with E-state index >= 15 is 0 Å². The third-order valence-corrected chi connectivity index (χ3v) is 1.57. The summed E-state index contributed by atoms with van der Waals surface area (Å²) in [6.45, 7) is 2.49. The van der Waals surface area contributed by atoms with Gasteiger partial charge in [-0.05, 0) is 13.0 Å². The van der Waals surface area contributed by atoms with Crippen LogP contribution in [0, 0.1) is 6.92 Å². The van der Waals surface area contributed by atoms with Gasteiger partial charge in [0, 0.05) is 24.8 Å². The molecule has 76 valence electrons. The summed E-state index contributed by atoms with van der Waals surface area (Å²) in [7, 11) is 1.85. The standard InChI is InChI=1S/C8H13N3.2ClH/c1-6-3-4-7(5-9)8(10-2)11-6;;/h3-4H,5,9H2,1-2H3,(H,10,11);2*1H. The van der Waals surface area contributed by atoms with E-state index in [0.29, 0.717) is 6.54 Å². The lowest BCUT2D eigenvalue weighted by Gasteiger charge is -2.05. The predicted molar refractivity (Wildman–Crippen MR) is 60.9 cm³/mol. The number of aromatic nitrogens is 1. The highest BCUT2D eigenvalue weighted by molar-refractivity contribution is 5.85. The number of nitrogens with zero attached hydrogens (tertiary/aromatic N) is 1.